The summed E-state index contributed by atoms with van der Waals surface area (Å²) < 4.78 is 13.8. The first-order valence-corrected chi connectivity index (χ1v) is 11.8. The second kappa shape index (κ2) is 9.27. The first kappa shape index (κ1) is 22.1. The lowest BCUT2D eigenvalue weighted by molar-refractivity contribution is 0.542. The predicted molar refractivity (Wildman–Crippen MR) is 130 cm³/mol. The van der Waals surface area contributed by atoms with Gasteiger partial charge in [0.15, 0.2) is 11.0 Å². The van der Waals surface area contributed by atoms with Gasteiger partial charge in [-0.3, -0.25) is 0 Å². The Balaban J connectivity index is 1.47. The Morgan fingerprint density at radius 1 is 0.939 bits per heavy atom. The van der Waals surface area contributed by atoms with Crippen LogP contribution in [0.15, 0.2) is 36.7 Å². The van der Waals surface area contributed by atoms with Crippen molar-refractivity contribution < 1.29 is 4.39 Å². The third-order valence-electron chi connectivity index (χ3n) is 6.16. The second-order valence-electron chi connectivity index (χ2n) is 8.39. The van der Waals surface area contributed by atoms with Crippen molar-refractivity contribution in [1.29, 1.82) is 0 Å². The SMILES string of the molecule is C[C@H]1CN(c2nccnc2Cl)CCN1c1cc(-c2ccc(F)c(Cl)c2)nc(N2CCCC2)n1. The number of piperazine rings is 1. The van der Waals surface area contributed by atoms with Gasteiger partial charge in [0.05, 0.1) is 10.7 Å². The Hall–Kier alpha value is -2.71. The summed E-state index contributed by atoms with van der Waals surface area (Å²) in [6.07, 6.45) is 5.50. The van der Waals surface area contributed by atoms with Gasteiger partial charge in [0.2, 0.25) is 5.95 Å². The highest BCUT2D eigenvalue weighted by atomic mass is 35.5. The Morgan fingerprint density at radius 3 is 2.45 bits per heavy atom. The van der Waals surface area contributed by atoms with Crippen molar-refractivity contribution in [1.82, 2.24) is 19.9 Å². The molecule has 10 heteroatoms. The molecule has 172 valence electrons. The molecule has 0 saturated carbocycles. The van der Waals surface area contributed by atoms with E-state index in [1.807, 2.05) is 6.07 Å². The van der Waals surface area contributed by atoms with Crippen molar-refractivity contribution >= 4 is 40.8 Å². The molecule has 2 fully saturated rings. The molecule has 0 radical (unpaired) electrons. The lowest BCUT2D eigenvalue weighted by Crippen LogP contribution is -2.52. The van der Waals surface area contributed by atoms with Gasteiger partial charge in [-0.1, -0.05) is 23.2 Å². The van der Waals surface area contributed by atoms with Crippen LogP contribution in [-0.4, -0.2) is 58.7 Å². The van der Waals surface area contributed by atoms with Gasteiger partial charge in [-0.2, -0.15) is 4.98 Å². The molecule has 2 saturated heterocycles. The number of nitrogens with zero attached hydrogens (tertiary/aromatic N) is 7. The van der Waals surface area contributed by atoms with Gasteiger partial charge >= 0.3 is 0 Å². The zero-order chi connectivity index (χ0) is 22.9. The molecule has 0 aliphatic carbocycles. The van der Waals surface area contributed by atoms with Gasteiger partial charge in [0.25, 0.3) is 0 Å². The maximum absolute atomic E-state index is 13.8. The van der Waals surface area contributed by atoms with Gasteiger partial charge in [-0.05, 0) is 38.0 Å². The van der Waals surface area contributed by atoms with Crippen LogP contribution in [0.25, 0.3) is 11.3 Å². The highest BCUT2D eigenvalue weighted by Gasteiger charge is 2.28. The monoisotopic (exact) mass is 487 g/mol. The molecule has 3 aromatic rings. The van der Waals surface area contributed by atoms with Crippen LogP contribution in [0.1, 0.15) is 19.8 Å². The van der Waals surface area contributed by atoms with E-state index in [1.165, 1.54) is 6.07 Å². The standard InChI is InChI=1S/C23H24Cl2FN7/c1-15-14-32(22-21(25)27-6-7-28-22)10-11-33(15)20-13-19(16-4-5-18(26)17(24)12-16)29-23(30-20)31-8-2-3-9-31/h4-7,12-13,15H,2-3,8-11,14H2,1H3/t15-/m0/s1. The third-order valence-corrected chi connectivity index (χ3v) is 6.72. The normalized spacial score (nSPS) is 18.8. The summed E-state index contributed by atoms with van der Waals surface area (Å²) in [7, 11) is 0. The fourth-order valence-corrected chi connectivity index (χ4v) is 4.85. The minimum atomic E-state index is -0.443. The average Bonchev–Trinajstić information content (AvgIpc) is 3.36. The minimum absolute atomic E-state index is 0.0817. The van der Waals surface area contributed by atoms with Crippen molar-refractivity contribution in [3.8, 4) is 11.3 Å². The van der Waals surface area contributed by atoms with E-state index < -0.39 is 5.82 Å². The van der Waals surface area contributed by atoms with Crippen LogP contribution in [-0.2, 0) is 0 Å². The molecule has 0 bridgehead atoms. The Kier molecular flexibility index (Phi) is 6.21. The molecule has 2 aliphatic heterocycles. The van der Waals surface area contributed by atoms with E-state index in [9.17, 15) is 4.39 Å². The van der Waals surface area contributed by atoms with E-state index in [-0.39, 0.29) is 11.1 Å². The molecular formula is C23H24Cl2FN7. The number of benzene rings is 1. The van der Waals surface area contributed by atoms with Crippen molar-refractivity contribution in [2.45, 2.75) is 25.8 Å². The molecule has 0 amide bonds. The lowest BCUT2D eigenvalue weighted by Gasteiger charge is -2.41. The average molecular weight is 488 g/mol. The maximum atomic E-state index is 13.8. The van der Waals surface area contributed by atoms with Crippen LogP contribution in [0, 0.1) is 5.82 Å². The van der Waals surface area contributed by atoms with Gasteiger partial charge in [0, 0.05) is 62.8 Å². The summed E-state index contributed by atoms with van der Waals surface area (Å²) >= 11 is 12.3. The summed E-state index contributed by atoms with van der Waals surface area (Å²) in [4.78, 5) is 24.9. The molecule has 0 spiro atoms. The van der Waals surface area contributed by atoms with E-state index in [4.69, 9.17) is 33.2 Å². The van der Waals surface area contributed by atoms with Crippen LogP contribution in [0.4, 0.5) is 22.0 Å². The minimum Gasteiger partial charge on any atom is -0.350 e. The molecular weight excluding hydrogens is 464 g/mol. The summed E-state index contributed by atoms with van der Waals surface area (Å²) in [5, 5.41) is 0.491. The number of halogens is 3. The summed E-state index contributed by atoms with van der Waals surface area (Å²) in [6.45, 7) is 6.24. The summed E-state index contributed by atoms with van der Waals surface area (Å²) in [5.74, 6) is 1.81. The molecule has 2 aromatic heterocycles. The second-order valence-corrected chi connectivity index (χ2v) is 9.16. The molecule has 0 unspecified atom stereocenters. The Morgan fingerprint density at radius 2 is 1.73 bits per heavy atom. The quantitative estimate of drug-likeness (QED) is 0.528. The van der Waals surface area contributed by atoms with Crippen molar-refractivity contribution in [3.05, 3.63) is 52.7 Å². The van der Waals surface area contributed by atoms with Crippen LogP contribution in [0.5, 0.6) is 0 Å². The topological polar surface area (TPSA) is 61.3 Å². The maximum Gasteiger partial charge on any atom is 0.227 e. The third kappa shape index (κ3) is 4.54. The highest BCUT2D eigenvalue weighted by molar-refractivity contribution is 6.31. The molecule has 5 rings (SSSR count). The summed E-state index contributed by atoms with van der Waals surface area (Å²) in [6, 6.07) is 6.82. The number of anilines is 3. The number of hydrogen-bond acceptors (Lipinski definition) is 7. The predicted octanol–water partition coefficient (Wildman–Crippen LogP) is 4.69. The molecule has 1 atom stereocenters. The smallest absolute Gasteiger partial charge is 0.227 e. The van der Waals surface area contributed by atoms with Gasteiger partial charge in [0.1, 0.15) is 11.6 Å². The Labute approximate surface area is 202 Å². The first-order chi connectivity index (χ1) is 16.0. The first-order valence-electron chi connectivity index (χ1n) is 11.1. The fraction of sp³-hybridized carbons (Fsp3) is 0.391. The van der Waals surface area contributed by atoms with Crippen LogP contribution < -0.4 is 14.7 Å². The van der Waals surface area contributed by atoms with E-state index in [0.717, 1.165) is 62.6 Å². The molecule has 1 aromatic carbocycles. The Bertz CT molecular complexity index is 1160. The molecule has 7 nitrogen and oxygen atoms in total. The highest BCUT2D eigenvalue weighted by Crippen LogP contribution is 2.31. The largest absolute Gasteiger partial charge is 0.350 e. The van der Waals surface area contributed by atoms with Crippen molar-refractivity contribution in [2.24, 2.45) is 0 Å². The molecule has 4 heterocycles. The number of hydrogen-bond donors (Lipinski definition) is 0. The zero-order valence-corrected chi connectivity index (χ0v) is 19.8. The zero-order valence-electron chi connectivity index (χ0n) is 18.3. The summed E-state index contributed by atoms with van der Waals surface area (Å²) in [5.41, 5.74) is 1.50. The van der Waals surface area contributed by atoms with Gasteiger partial charge in [-0.25, -0.2) is 19.3 Å². The van der Waals surface area contributed by atoms with Crippen LogP contribution in [0.2, 0.25) is 10.2 Å². The fourth-order valence-electron chi connectivity index (χ4n) is 4.45. The van der Waals surface area contributed by atoms with Crippen LogP contribution in [0.3, 0.4) is 0 Å². The van der Waals surface area contributed by atoms with E-state index in [2.05, 4.69) is 31.6 Å². The van der Waals surface area contributed by atoms with Crippen molar-refractivity contribution in [3.63, 3.8) is 0 Å². The number of rotatable bonds is 4. The molecule has 33 heavy (non-hydrogen) atoms. The lowest BCUT2D eigenvalue weighted by atomic mass is 10.1. The van der Waals surface area contributed by atoms with Crippen LogP contribution >= 0.6 is 23.2 Å². The van der Waals surface area contributed by atoms with Crippen molar-refractivity contribution in [2.75, 3.05) is 47.4 Å². The van der Waals surface area contributed by atoms with E-state index in [0.29, 0.717) is 16.9 Å². The van der Waals surface area contributed by atoms with Gasteiger partial charge < -0.3 is 14.7 Å². The van der Waals surface area contributed by atoms with E-state index in [1.54, 1.807) is 24.5 Å². The molecule has 0 N–H and O–H groups in total. The number of aromatic nitrogens is 4. The van der Waals surface area contributed by atoms with E-state index >= 15 is 0 Å². The van der Waals surface area contributed by atoms with Gasteiger partial charge in [-0.15, -0.1) is 0 Å². The molecule has 2 aliphatic rings.